The van der Waals surface area contributed by atoms with Gasteiger partial charge in [0.05, 0.1) is 11.3 Å². The fraction of sp³-hybridized carbons (Fsp3) is 0.238. The number of benzene rings is 2. The van der Waals surface area contributed by atoms with Gasteiger partial charge >= 0.3 is 6.18 Å². The summed E-state index contributed by atoms with van der Waals surface area (Å²) in [5.41, 5.74) is 1.81. The molecule has 1 saturated heterocycles. The molecule has 1 atom stereocenters. The lowest BCUT2D eigenvalue weighted by atomic mass is 10.1. The van der Waals surface area contributed by atoms with Gasteiger partial charge in [0.15, 0.2) is 5.17 Å². The Morgan fingerprint density at radius 2 is 1.90 bits per heavy atom. The molecule has 0 radical (unpaired) electrons. The predicted molar refractivity (Wildman–Crippen MR) is 115 cm³/mol. The molecule has 2 amide bonds. The number of hydrogen-bond acceptors (Lipinski definition) is 5. The highest BCUT2D eigenvalue weighted by Gasteiger charge is 2.33. The summed E-state index contributed by atoms with van der Waals surface area (Å²) >= 11 is 1.05. The van der Waals surface area contributed by atoms with Gasteiger partial charge in [-0.2, -0.15) is 18.3 Å². The van der Waals surface area contributed by atoms with Gasteiger partial charge in [0.1, 0.15) is 5.25 Å². The van der Waals surface area contributed by atoms with Crippen LogP contribution in [0, 0.1) is 6.92 Å². The van der Waals surface area contributed by atoms with Crippen molar-refractivity contribution in [3.63, 3.8) is 0 Å². The molecule has 2 aromatic carbocycles. The van der Waals surface area contributed by atoms with Gasteiger partial charge in [0.25, 0.3) is 0 Å². The van der Waals surface area contributed by atoms with Crippen molar-refractivity contribution < 1.29 is 22.8 Å². The Hall–Kier alpha value is -3.14. The van der Waals surface area contributed by atoms with Crippen molar-refractivity contribution in [2.75, 3.05) is 5.32 Å². The van der Waals surface area contributed by atoms with Gasteiger partial charge in [0.2, 0.25) is 11.8 Å². The molecule has 6 nitrogen and oxygen atoms in total. The van der Waals surface area contributed by atoms with E-state index in [9.17, 15) is 22.8 Å². The zero-order valence-electron chi connectivity index (χ0n) is 16.7. The van der Waals surface area contributed by atoms with E-state index in [2.05, 4.69) is 20.8 Å². The molecule has 1 unspecified atom stereocenters. The number of anilines is 1. The number of halogens is 3. The molecular formula is C21H19F3N4O2S. The largest absolute Gasteiger partial charge is 0.416 e. The third kappa shape index (κ3) is 6.17. The van der Waals surface area contributed by atoms with Crippen molar-refractivity contribution in [2.45, 2.75) is 31.7 Å². The molecule has 1 heterocycles. The van der Waals surface area contributed by atoms with Crippen molar-refractivity contribution in [1.82, 2.24) is 5.32 Å². The van der Waals surface area contributed by atoms with Gasteiger partial charge < -0.3 is 10.6 Å². The molecule has 2 N–H and O–H groups in total. The summed E-state index contributed by atoms with van der Waals surface area (Å²) in [5, 5.41) is 12.6. The summed E-state index contributed by atoms with van der Waals surface area (Å²) < 4.78 is 38.4. The number of aryl methyl sites for hydroxylation is 1. The number of carbonyl (C=O) groups excluding carboxylic acids is 2. The van der Waals surface area contributed by atoms with Crippen molar-refractivity contribution in [2.24, 2.45) is 10.2 Å². The maximum absolute atomic E-state index is 12.8. The van der Waals surface area contributed by atoms with Gasteiger partial charge in [-0.3, -0.25) is 9.59 Å². The number of alkyl halides is 3. The molecular weight excluding hydrogens is 429 g/mol. The molecule has 1 aliphatic heterocycles. The van der Waals surface area contributed by atoms with Crippen LogP contribution in [0.3, 0.4) is 0 Å². The average Bonchev–Trinajstić information content (AvgIpc) is 3.05. The second kappa shape index (κ2) is 9.34. The molecule has 0 aliphatic carbocycles. The first-order valence-electron chi connectivity index (χ1n) is 9.26. The first-order chi connectivity index (χ1) is 14.6. The molecule has 2 aromatic rings. The molecule has 0 aromatic heterocycles. The van der Waals surface area contributed by atoms with Gasteiger partial charge in [-0.05, 0) is 37.6 Å². The van der Waals surface area contributed by atoms with E-state index in [4.69, 9.17) is 0 Å². The highest BCUT2D eigenvalue weighted by Crippen LogP contribution is 2.31. The van der Waals surface area contributed by atoms with E-state index in [1.165, 1.54) is 12.1 Å². The van der Waals surface area contributed by atoms with Gasteiger partial charge in [-0.15, -0.1) is 5.10 Å². The van der Waals surface area contributed by atoms with Crippen LogP contribution in [0.15, 0.2) is 58.7 Å². The number of rotatable bonds is 5. The number of carbonyl (C=O) groups is 2. The number of nitrogens with one attached hydrogen (secondary N) is 2. The Kier molecular flexibility index (Phi) is 6.79. The summed E-state index contributed by atoms with van der Waals surface area (Å²) in [5.74, 6) is -0.987. The van der Waals surface area contributed by atoms with Crippen LogP contribution in [0.5, 0.6) is 0 Å². The topological polar surface area (TPSA) is 82.9 Å². The molecule has 3 rings (SSSR count). The van der Waals surface area contributed by atoms with E-state index in [1.807, 2.05) is 31.2 Å². The molecule has 31 heavy (non-hydrogen) atoms. The minimum Gasteiger partial charge on any atom is -0.326 e. The lowest BCUT2D eigenvalue weighted by Crippen LogP contribution is -2.28. The van der Waals surface area contributed by atoms with Crippen molar-refractivity contribution in [3.8, 4) is 0 Å². The number of amides is 2. The van der Waals surface area contributed by atoms with Gasteiger partial charge in [0, 0.05) is 12.1 Å². The Morgan fingerprint density at radius 3 is 2.58 bits per heavy atom. The van der Waals surface area contributed by atoms with Crippen molar-refractivity contribution >= 4 is 40.1 Å². The van der Waals surface area contributed by atoms with E-state index in [-0.39, 0.29) is 17.3 Å². The molecule has 162 valence electrons. The van der Waals surface area contributed by atoms with E-state index >= 15 is 0 Å². The Balaban J connectivity index is 1.60. The van der Waals surface area contributed by atoms with Crippen LogP contribution < -0.4 is 10.6 Å². The fourth-order valence-electron chi connectivity index (χ4n) is 2.71. The van der Waals surface area contributed by atoms with Crippen LogP contribution in [0.4, 0.5) is 18.9 Å². The Labute approximate surface area is 181 Å². The third-order valence-electron chi connectivity index (χ3n) is 4.38. The number of amidine groups is 1. The zero-order chi connectivity index (χ0) is 22.6. The Bertz CT molecular complexity index is 1050. The SMILES string of the molecule is C/C(=N\N=C1\NC(=O)C(CC(=O)Nc2cccc(C(F)(F)F)c2)S1)c1ccc(C)cc1. The minimum absolute atomic E-state index is 0.00967. The predicted octanol–water partition coefficient (Wildman–Crippen LogP) is 4.35. The number of thioether (sulfide) groups is 1. The van der Waals surface area contributed by atoms with Crippen LogP contribution in [0.25, 0.3) is 0 Å². The van der Waals surface area contributed by atoms with Crippen LogP contribution in [-0.4, -0.2) is 27.9 Å². The maximum Gasteiger partial charge on any atom is 0.416 e. The quantitative estimate of drug-likeness (QED) is 0.527. The second-order valence-electron chi connectivity index (χ2n) is 6.88. The summed E-state index contributed by atoms with van der Waals surface area (Å²) in [6.45, 7) is 3.76. The van der Waals surface area contributed by atoms with Crippen molar-refractivity contribution in [3.05, 3.63) is 65.2 Å². The maximum atomic E-state index is 12.8. The fourth-order valence-corrected chi connectivity index (χ4v) is 3.63. The number of nitrogens with zero attached hydrogens (tertiary/aromatic N) is 2. The van der Waals surface area contributed by atoms with E-state index < -0.39 is 28.8 Å². The first-order valence-corrected chi connectivity index (χ1v) is 10.1. The third-order valence-corrected chi connectivity index (χ3v) is 5.45. The first kappa shape index (κ1) is 22.5. The standard InChI is InChI=1S/C21H19F3N4O2S/c1-12-6-8-14(9-7-12)13(2)27-28-20-26-19(30)17(31-20)11-18(29)25-16-5-3-4-15(10-16)21(22,23)24/h3-10,17H,11H2,1-2H3,(H,25,29)(H,26,28,30)/b27-13+. The van der Waals surface area contributed by atoms with Gasteiger partial charge in [-0.1, -0.05) is 47.7 Å². The van der Waals surface area contributed by atoms with Crippen LogP contribution in [-0.2, 0) is 15.8 Å². The molecule has 10 heteroatoms. The van der Waals surface area contributed by atoms with E-state index in [0.717, 1.165) is 35.0 Å². The highest BCUT2D eigenvalue weighted by molar-refractivity contribution is 8.15. The summed E-state index contributed by atoms with van der Waals surface area (Å²) in [6.07, 6.45) is -4.73. The average molecular weight is 448 g/mol. The monoisotopic (exact) mass is 448 g/mol. The second-order valence-corrected chi connectivity index (χ2v) is 8.07. The molecule has 1 fully saturated rings. The lowest BCUT2D eigenvalue weighted by Gasteiger charge is -2.10. The van der Waals surface area contributed by atoms with E-state index in [0.29, 0.717) is 5.71 Å². The summed E-state index contributed by atoms with van der Waals surface area (Å²) in [7, 11) is 0. The smallest absolute Gasteiger partial charge is 0.326 e. The normalized spacial score (nSPS) is 18.2. The Morgan fingerprint density at radius 1 is 1.19 bits per heavy atom. The lowest BCUT2D eigenvalue weighted by molar-refractivity contribution is -0.137. The minimum atomic E-state index is -4.51. The highest BCUT2D eigenvalue weighted by atomic mass is 32.2. The molecule has 1 aliphatic rings. The zero-order valence-corrected chi connectivity index (χ0v) is 17.5. The molecule has 0 saturated carbocycles. The van der Waals surface area contributed by atoms with E-state index in [1.54, 1.807) is 6.92 Å². The summed E-state index contributed by atoms with van der Waals surface area (Å²) in [6, 6.07) is 12.0. The van der Waals surface area contributed by atoms with Crippen LogP contribution in [0.1, 0.15) is 30.0 Å². The molecule has 0 spiro atoms. The van der Waals surface area contributed by atoms with Crippen LogP contribution in [0.2, 0.25) is 0 Å². The van der Waals surface area contributed by atoms with Crippen LogP contribution >= 0.6 is 11.8 Å². The molecule has 0 bridgehead atoms. The van der Waals surface area contributed by atoms with Crippen molar-refractivity contribution in [1.29, 1.82) is 0 Å². The summed E-state index contributed by atoms with van der Waals surface area (Å²) in [4.78, 5) is 24.3. The number of hydrogen-bond donors (Lipinski definition) is 2. The van der Waals surface area contributed by atoms with Gasteiger partial charge in [-0.25, -0.2) is 0 Å².